The zero-order valence-corrected chi connectivity index (χ0v) is 43.5. The van der Waals surface area contributed by atoms with E-state index in [4.69, 9.17) is 36.8 Å². The van der Waals surface area contributed by atoms with E-state index in [-0.39, 0.29) is 86.2 Å². The molecular formula is C56H54ClF4N11O6. The van der Waals surface area contributed by atoms with Gasteiger partial charge in [-0.15, -0.1) is 0 Å². The molecule has 2 aromatic heterocycles. The highest BCUT2D eigenvalue weighted by molar-refractivity contribution is 6.36. The second kappa shape index (κ2) is 21.3. The maximum atomic E-state index is 14.2. The Hall–Kier alpha value is -8.25. The summed E-state index contributed by atoms with van der Waals surface area (Å²) in [4.78, 5) is 69.3. The van der Waals surface area contributed by atoms with Crippen molar-refractivity contribution >= 4 is 68.8 Å². The van der Waals surface area contributed by atoms with Crippen LogP contribution in [0, 0.1) is 16.7 Å². The molecule has 17 nitrogen and oxygen atoms in total. The first kappa shape index (κ1) is 53.2. The lowest BCUT2D eigenvalue weighted by Gasteiger charge is -2.42. The number of hydrogen-bond acceptors (Lipinski definition) is 13. The van der Waals surface area contributed by atoms with Crippen LogP contribution in [0.4, 0.5) is 40.4 Å². The van der Waals surface area contributed by atoms with E-state index in [1.54, 1.807) is 43.0 Å². The van der Waals surface area contributed by atoms with E-state index in [2.05, 4.69) is 28.0 Å². The van der Waals surface area contributed by atoms with Crippen molar-refractivity contribution in [1.82, 2.24) is 29.5 Å². The van der Waals surface area contributed by atoms with Gasteiger partial charge in [-0.1, -0.05) is 56.3 Å². The maximum Gasteiger partial charge on any atom is 0.435 e. The number of likely N-dealkylation sites (tertiary alicyclic amines) is 1. The number of fused-ring (bicyclic) bond motifs is 3. The fourth-order valence-electron chi connectivity index (χ4n) is 11.1. The first-order valence-corrected chi connectivity index (χ1v) is 25.8. The Kier molecular flexibility index (Phi) is 14.5. The number of nitrogens with one attached hydrogen (secondary N) is 1. The lowest BCUT2D eigenvalue weighted by molar-refractivity contribution is -0.141. The lowest BCUT2D eigenvalue weighted by Crippen LogP contribution is -2.55. The number of hydrogen-bond donors (Lipinski definition) is 2. The number of anilines is 4. The number of nitrogens with two attached hydrogens (primary N) is 1. The number of nitrogens with zero attached hydrogens (tertiary/aromatic N) is 9. The second-order valence-corrected chi connectivity index (χ2v) is 21.1. The fourth-order valence-corrected chi connectivity index (χ4v) is 11.4. The molecule has 4 aliphatic rings. The molecule has 3 amide bonds. The SMILES string of the molecule is C=C(F)C(=O)N1CCN(c2nc(OC[C@@H]3CCCN3C(=O)COc3ccc(Nc4cc(-n5nc(C(F)(F)F)c6c5CC(C)(C)CC6=O)ccc4C(N)=O)cc3)nc3c2CCN(c2cccc4cccc(Cl)c24)C3)C[C@@H]1CC#N. The van der Waals surface area contributed by atoms with Gasteiger partial charge in [-0.25, -0.2) is 9.07 Å². The van der Waals surface area contributed by atoms with Crippen LogP contribution >= 0.6 is 11.6 Å². The van der Waals surface area contributed by atoms with E-state index >= 15 is 0 Å². The molecule has 4 aromatic carbocycles. The van der Waals surface area contributed by atoms with Crippen molar-refractivity contribution < 1.29 is 46.2 Å². The normalized spacial score (nSPS) is 18.1. The van der Waals surface area contributed by atoms with Crippen LogP contribution in [0.1, 0.15) is 82.9 Å². The topological polar surface area (TPSA) is 205 Å². The Labute approximate surface area is 451 Å². The van der Waals surface area contributed by atoms with Crippen LogP contribution < -0.4 is 30.3 Å². The molecule has 0 unspecified atom stereocenters. The predicted molar refractivity (Wildman–Crippen MR) is 283 cm³/mol. The van der Waals surface area contributed by atoms with Crippen molar-refractivity contribution in [1.29, 1.82) is 5.26 Å². The van der Waals surface area contributed by atoms with Gasteiger partial charge in [-0.2, -0.15) is 33.5 Å². The minimum absolute atomic E-state index is 0.0319. The molecule has 2 fully saturated rings. The van der Waals surface area contributed by atoms with Crippen molar-refractivity contribution in [2.75, 3.05) is 61.1 Å². The predicted octanol–water partition coefficient (Wildman–Crippen LogP) is 8.91. The van der Waals surface area contributed by atoms with Crippen molar-refractivity contribution in [3.05, 3.63) is 130 Å². The molecule has 0 saturated carbocycles. The number of amides is 3. The monoisotopic (exact) mass is 1090 g/mol. The van der Waals surface area contributed by atoms with Gasteiger partial charge < -0.3 is 40.1 Å². The molecule has 0 radical (unpaired) electrons. The standard InChI is InChI=1S/C56H54ClF4N11O6/c1-32(58)53(76)71-24-23-69(28-36(71)18-20-62)52-40-19-22-68(44-11-5-8-33-7-4-10-41(57)48(33)44)29-43(40)65-54(66-52)78-30-37-9-6-21-70(37)47(74)31-77-38-15-12-34(13-16-38)64-42-25-35(14-17-39(42)51(63)75)72-45-26-55(2,3)27-46(73)49(45)50(67-72)56(59,60)61/h4-5,7-8,10-17,25,36-37,64H,1,6,9,18-19,21-24,26-31H2,2-3H3,(H2,63,75)/t36-,37-/m0/s1. The van der Waals surface area contributed by atoms with Crippen LogP contribution in [0.3, 0.4) is 0 Å². The molecule has 6 aromatic rings. The molecule has 3 aliphatic heterocycles. The highest BCUT2D eigenvalue weighted by Crippen LogP contribution is 2.43. The fraction of sp³-hybridized carbons (Fsp3) is 0.357. The smallest absolute Gasteiger partial charge is 0.435 e. The molecule has 22 heteroatoms. The molecule has 3 N–H and O–H groups in total. The summed E-state index contributed by atoms with van der Waals surface area (Å²) >= 11 is 6.77. The third-order valence-corrected chi connectivity index (χ3v) is 15.0. The first-order valence-electron chi connectivity index (χ1n) is 25.4. The van der Waals surface area contributed by atoms with Gasteiger partial charge in [0.2, 0.25) is 0 Å². The summed E-state index contributed by atoms with van der Waals surface area (Å²) in [5.74, 6) is -2.72. The third-order valence-electron chi connectivity index (χ3n) is 14.7. The molecule has 2 saturated heterocycles. The number of carbonyl (C=O) groups excluding carboxylic acids is 4. The summed E-state index contributed by atoms with van der Waals surface area (Å²) < 4.78 is 70.2. The maximum absolute atomic E-state index is 14.2. The molecule has 0 spiro atoms. The number of alkyl halides is 3. The van der Waals surface area contributed by atoms with E-state index in [0.29, 0.717) is 73.4 Å². The zero-order chi connectivity index (χ0) is 55.2. The van der Waals surface area contributed by atoms with Crippen molar-refractivity contribution in [2.24, 2.45) is 11.1 Å². The van der Waals surface area contributed by atoms with Gasteiger partial charge in [-0.05, 0) is 91.1 Å². The van der Waals surface area contributed by atoms with E-state index in [1.807, 2.05) is 41.3 Å². The van der Waals surface area contributed by atoms with Gasteiger partial charge in [0.1, 0.15) is 18.2 Å². The van der Waals surface area contributed by atoms with E-state index in [1.165, 1.54) is 23.1 Å². The van der Waals surface area contributed by atoms with Crippen molar-refractivity contribution in [2.45, 2.75) is 77.2 Å². The Bertz CT molecular complexity index is 3430. The van der Waals surface area contributed by atoms with Gasteiger partial charge in [0.05, 0.1) is 70.0 Å². The van der Waals surface area contributed by atoms with E-state index in [9.17, 15) is 42.0 Å². The lowest BCUT2D eigenvalue weighted by atomic mass is 9.75. The Morgan fingerprint density at radius 3 is 2.45 bits per heavy atom. The quantitative estimate of drug-likeness (QED) is 0.0773. The number of ketones is 1. The zero-order valence-electron chi connectivity index (χ0n) is 42.7. The average molecular weight is 1090 g/mol. The number of primary amides is 1. The number of Topliss-reactive ketones (excluding diaryl/α,β-unsaturated/α-hetero) is 1. The second-order valence-electron chi connectivity index (χ2n) is 20.7. The number of benzene rings is 4. The first-order chi connectivity index (χ1) is 37.3. The van der Waals surface area contributed by atoms with Crippen LogP contribution in [0.5, 0.6) is 11.8 Å². The number of rotatable bonds is 14. The van der Waals surface area contributed by atoms with Gasteiger partial charge in [0, 0.05) is 61.5 Å². The largest absolute Gasteiger partial charge is 0.484 e. The number of halogens is 5. The van der Waals surface area contributed by atoms with Crippen LogP contribution in [-0.2, 0) is 35.2 Å². The molecule has 1 aliphatic carbocycles. The van der Waals surface area contributed by atoms with Gasteiger partial charge in [-0.3, -0.25) is 19.2 Å². The number of piperazine rings is 1. The Morgan fingerprint density at radius 2 is 1.72 bits per heavy atom. The van der Waals surface area contributed by atoms with Crippen LogP contribution in [0.15, 0.2) is 91.3 Å². The number of carbonyl (C=O) groups is 4. The molecule has 2 atom stereocenters. The summed E-state index contributed by atoms with van der Waals surface area (Å²) in [6.07, 6.45) is -2.91. The highest BCUT2D eigenvalue weighted by Gasteiger charge is 2.46. The molecule has 0 bridgehead atoms. The van der Waals surface area contributed by atoms with Crippen molar-refractivity contribution in [3.63, 3.8) is 0 Å². The molecule has 404 valence electrons. The molecule has 10 rings (SSSR count). The van der Waals surface area contributed by atoms with Gasteiger partial charge in [0.25, 0.3) is 17.7 Å². The number of aromatic nitrogens is 4. The summed E-state index contributed by atoms with van der Waals surface area (Å²) in [5, 5.41) is 19.2. The van der Waals surface area contributed by atoms with E-state index in [0.717, 1.165) is 26.7 Å². The summed E-state index contributed by atoms with van der Waals surface area (Å²) in [6, 6.07) is 23.8. The number of nitriles is 1. The average Bonchev–Trinajstić information content (AvgIpc) is 4.27. The third kappa shape index (κ3) is 10.7. The highest BCUT2D eigenvalue weighted by atomic mass is 35.5. The van der Waals surface area contributed by atoms with Crippen LogP contribution in [0.2, 0.25) is 5.02 Å². The summed E-state index contributed by atoms with van der Waals surface area (Å²) in [7, 11) is 0. The molecular weight excluding hydrogens is 1030 g/mol. The summed E-state index contributed by atoms with van der Waals surface area (Å²) in [6.45, 7) is 8.68. The van der Waals surface area contributed by atoms with Gasteiger partial charge >= 0.3 is 12.2 Å². The minimum atomic E-state index is -4.88. The van der Waals surface area contributed by atoms with Crippen LogP contribution in [-0.4, -0.2) is 111 Å². The minimum Gasteiger partial charge on any atom is -0.484 e. The van der Waals surface area contributed by atoms with Crippen LogP contribution in [0.25, 0.3) is 16.5 Å². The van der Waals surface area contributed by atoms with Gasteiger partial charge in [0.15, 0.2) is 23.9 Å². The Balaban J connectivity index is 0.831. The Morgan fingerprint density at radius 1 is 0.949 bits per heavy atom. The summed E-state index contributed by atoms with van der Waals surface area (Å²) in [5.41, 5.74) is 6.92. The van der Waals surface area contributed by atoms with Crippen molar-refractivity contribution in [3.8, 4) is 23.5 Å². The molecule has 5 heterocycles. The molecule has 78 heavy (non-hydrogen) atoms. The number of ether oxygens (including phenoxy) is 2. The van der Waals surface area contributed by atoms with E-state index < -0.39 is 52.3 Å².